The molecule has 1 aromatic heterocycles. The maximum absolute atomic E-state index is 11.3. The minimum absolute atomic E-state index is 0.183. The predicted octanol–water partition coefficient (Wildman–Crippen LogP) is 4.33. The van der Waals surface area contributed by atoms with Gasteiger partial charge in [0.1, 0.15) is 5.82 Å². The van der Waals surface area contributed by atoms with Gasteiger partial charge in [-0.2, -0.15) is 0 Å². The summed E-state index contributed by atoms with van der Waals surface area (Å²) in [6, 6.07) is 14.5. The first-order valence-electron chi connectivity index (χ1n) is 6.29. The lowest BCUT2D eigenvalue weighted by molar-refractivity contribution is 0.0698. The number of nitrogens with one attached hydrogen (secondary N) is 1. The van der Waals surface area contributed by atoms with Crippen molar-refractivity contribution in [2.24, 2.45) is 0 Å². The number of rotatable bonds is 3. The van der Waals surface area contributed by atoms with Crippen LogP contribution in [0.5, 0.6) is 0 Å². The van der Waals surface area contributed by atoms with E-state index in [1.807, 2.05) is 24.3 Å². The van der Waals surface area contributed by atoms with Crippen LogP contribution in [0.4, 0.5) is 11.5 Å². The second-order valence-electron chi connectivity index (χ2n) is 4.51. The SMILES string of the molecule is O=C(O)c1cnc(Nc2cccc(Cl)c2)c2ccccc12. The highest BCUT2D eigenvalue weighted by Gasteiger charge is 2.12. The van der Waals surface area contributed by atoms with Gasteiger partial charge in [0.2, 0.25) is 0 Å². The van der Waals surface area contributed by atoms with Crippen LogP contribution in [0.1, 0.15) is 10.4 Å². The normalized spacial score (nSPS) is 10.5. The van der Waals surface area contributed by atoms with Crippen LogP contribution in [0.2, 0.25) is 5.02 Å². The lowest BCUT2D eigenvalue weighted by atomic mass is 10.1. The molecule has 0 spiro atoms. The van der Waals surface area contributed by atoms with Crippen molar-refractivity contribution in [2.75, 3.05) is 5.32 Å². The van der Waals surface area contributed by atoms with E-state index in [0.29, 0.717) is 16.2 Å². The van der Waals surface area contributed by atoms with E-state index in [2.05, 4.69) is 10.3 Å². The van der Waals surface area contributed by atoms with Crippen LogP contribution in [0, 0.1) is 0 Å². The van der Waals surface area contributed by atoms with E-state index >= 15 is 0 Å². The smallest absolute Gasteiger partial charge is 0.337 e. The molecule has 104 valence electrons. The van der Waals surface area contributed by atoms with E-state index in [9.17, 15) is 9.90 Å². The number of benzene rings is 2. The van der Waals surface area contributed by atoms with Gasteiger partial charge in [0.15, 0.2) is 0 Å². The van der Waals surface area contributed by atoms with Gasteiger partial charge in [0, 0.05) is 27.7 Å². The van der Waals surface area contributed by atoms with Gasteiger partial charge in [-0.1, -0.05) is 41.9 Å². The first kappa shape index (κ1) is 13.4. The van der Waals surface area contributed by atoms with Crippen molar-refractivity contribution in [3.8, 4) is 0 Å². The number of anilines is 2. The highest BCUT2D eigenvalue weighted by Crippen LogP contribution is 2.27. The molecule has 0 unspecified atom stereocenters. The molecule has 0 fully saturated rings. The number of fused-ring (bicyclic) bond motifs is 1. The average Bonchev–Trinajstić information content (AvgIpc) is 2.47. The molecule has 2 N–H and O–H groups in total. The van der Waals surface area contributed by atoms with E-state index in [1.165, 1.54) is 6.20 Å². The van der Waals surface area contributed by atoms with E-state index < -0.39 is 5.97 Å². The standard InChI is InChI=1S/C16H11ClN2O2/c17-10-4-3-5-11(8-10)19-15-13-7-2-1-6-12(13)14(9-18-15)16(20)21/h1-9H,(H,18,19)(H,20,21). The summed E-state index contributed by atoms with van der Waals surface area (Å²) in [5.41, 5.74) is 0.977. The molecule has 0 aliphatic carbocycles. The van der Waals surface area contributed by atoms with Gasteiger partial charge < -0.3 is 10.4 Å². The van der Waals surface area contributed by atoms with Crippen LogP contribution in [-0.2, 0) is 0 Å². The number of pyridine rings is 1. The minimum Gasteiger partial charge on any atom is -0.478 e. The second-order valence-corrected chi connectivity index (χ2v) is 4.94. The summed E-state index contributed by atoms with van der Waals surface area (Å²) in [5.74, 6) is -0.397. The zero-order valence-electron chi connectivity index (χ0n) is 10.9. The van der Waals surface area contributed by atoms with Gasteiger partial charge >= 0.3 is 5.97 Å². The monoisotopic (exact) mass is 298 g/mol. The third kappa shape index (κ3) is 2.66. The van der Waals surface area contributed by atoms with Gasteiger partial charge in [-0.05, 0) is 18.2 Å². The molecule has 0 saturated heterocycles. The highest BCUT2D eigenvalue weighted by molar-refractivity contribution is 6.30. The topological polar surface area (TPSA) is 62.2 Å². The van der Waals surface area contributed by atoms with E-state index in [4.69, 9.17) is 11.6 Å². The molecular formula is C16H11ClN2O2. The van der Waals surface area contributed by atoms with Gasteiger partial charge in [-0.25, -0.2) is 9.78 Å². The molecule has 0 aliphatic heterocycles. The Morgan fingerprint density at radius 2 is 1.86 bits per heavy atom. The number of carbonyl (C=O) groups is 1. The van der Waals surface area contributed by atoms with E-state index in [-0.39, 0.29) is 5.56 Å². The van der Waals surface area contributed by atoms with Crippen LogP contribution in [0.25, 0.3) is 10.8 Å². The minimum atomic E-state index is -0.993. The van der Waals surface area contributed by atoms with Gasteiger partial charge in [0.25, 0.3) is 0 Å². The fourth-order valence-electron chi connectivity index (χ4n) is 2.17. The Morgan fingerprint density at radius 1 is 1.10 bits per heavy atom. The van der Waals surface area contributed by atoms with Crippen molar-refractivity contribution in [3.05, 3.63) is 65.3 Å². The highest BCUT2D eigenvalue weighted by atomic mass is 35.5. The number of halogens is 1. The van der Waals surface area contributed by atoms with Crippen LogP contribution >= 0.6 is 11.6 Å². The Bertz CT molecular complexity index is 833. The van der Waals surface area contributed by atoms with Gasteiger partial charge in [-0.3, -0.25) is 0 Å². The van der Waals surface area contributed by atoms with Gasteiger partial charge in [-0.15, -0.1) is 0 Å². The molecule has 3 rings (SSSR count). The molecule has 0 bridgehead atoms. The fourth-order valence-corrected chi connectivity index (χ4v) is 2.36. The molecule has 5 heteroatoms. The second kappa shape index (κ2) is 5.42. The maximum atomic E-state index is 11.3. The van der Waals surface area contributed by atoms with Crippen molar-refractivity contribution >= 4 is 39.8 Å². The van der Waals surface area contributed by atoms with Crippen LogP contribution in [-0.4, -0.2) is 16.1 Å². The zero-order valence-corrected chi connectivity index (χ0v) is 11.6. The first-order valence-corrected chi connectivity index (χ1v) is 6.66. The van der Waals surface area contributed by atoms with Crippen molar-refractivity contribution < 1.29 is 9.90 Å². The predicted molar refractivity (Wildman–Crippen MR) is 83.4 cm³/mol. The molecule has 0 amide bonds. The zero-order chi connectivity index (χ0) is 14.8. The summed E-state index contributed by atoms with van der Waals surface area (Å²) in [5, 5.41) is 14.4. The van der Waals surface area contributed by atoms with Crippen LogP contribution in [0.15, 0.2) is 54.7 Å². The summed E-state index contributed by atoms with van der Waals surface area (Å²) >= 11 is 5.96. The molecule has 1 heterocycles. The number of aromatic nitrogens is 1. The average molecular weight is 299 g/mol. The molecule has 0 atom stereocenters. The quantitative estimate of drug-likeness (QED) is 0.755. The summed E-state index contributed by atoms with van der Waals surface area (Å²) in [7, 11) is 0. The Hall–Kier alpha value is -2.59. The molecule has 0 aliphatic rings. The number of carboxylic acids is 1. The number of nitrogens with zero attached hydrogens (tertiary/aromatic N) is 1. The third-order valence-electron chi connectivity index (χ3n) is 3.11. The van der Waals surface area contributed by atoms with Crippen LogP contribution < -0.4 is 5.32 Å². The molecular weight excluding hydrogens is 288 g/mol. The molecule has 2 aromatic carbocycles. The summed E-state index contributed by atoms with van der Waals surface area (Å²) in [6.07, 6.45) is 1.36. The Balaban J connectivity index is 2.12. The summed E-state index contributed by atoms with van der Waals surface area (Å²) in [6.45, 7) is 0. The number of hydrogen-bond donors (Lipinski definition) is 2. The maximum Gasteiger partial charge on any atom is 0.337 e. The van der Waals surface area contributed by atoms with Gasteiger partial charge in [0.05, 0.1) is 5.56 Å². The number of hydrogen-bond acceptors (Lipinski definition) is 3. The molecule has 0 saturated carbocycles. The first-order chi connectivity index (χ1) is 10.1. The van der Waals surface area contributed by atoms with E-state index in [0.717, 1.165) is 11.1 Å². The number of carboxylic acid groups (broad SMARTS) is 1. The largest absolute Gasteiger partial charge is 0.478 e. The third-order valence-corrected chi connectivity index (χ3v) is 3.35. The summed E-state index contributed by atoms with van der Waals surface area (Å²) in [4.78, 5) is 15.5. The Kier molecular flexibility index (Phi) is 3.46. The Morgan fingerprint density at radius 3 is 2.57 bits per heavy atom. The lowest BCUT2D eigenvalue weighted by Crippen LogP contribution is -2.02. The molecule has 21 heavy (non-hydrogen) atoms. The van der Waals surface area contributed by atoms with Crippen molar-refractivity contribution in [1.29, 1.82) is 0 Å². The van der Waals surface area contributed by atoms with Crippen molar-refractivity contribution in [3.63, 3.8) is 0 Å². The molecule has 4 nitrogen and oxygen atoms in total. The lowest BCUT2D eigenvalue weighted by Gasteiger charge is -2.10. The number of aromatic carboxylic acids is 1. The fraction of sp³-hybridized carbons (Fsp3) is 0. The van der Waals surface area contributed by atoms with Crippen molar-refractivity contribution in [1.82, 2.24) is 4.98 Å². The van der Waals surface area contributed by atoms with Crippen molar-refractivity contribution in [2.45, 2.75) is 0 Å². The van der Waals surface area contributed by atoms with Crippen LogP contribution in [0.3, 0.4) is 0 Å². The Labute approximate surface area is 126 Å². The summed E-state index contributed by atoms with van der Waals surface area (Å²) < 4.78 is 0. The molecule has 3 aromatic rings. The van der Waals surface area contributed by atoms with E-state index in [1.54, 1.807) is 24.3 Å². The molecule has 0 radical (unpaired) electrons.